The normalized spacial score (nSPS) is 34.4. The quantitative estimate of drug-likeness (QED) is 0.494. The molecule has 2 heterocycles. The summed E-state index contributed by atoms with van der Waals surface area (Å²) in [4.78, 5) is 13.9. The second-order valence-corrected chi connectivity index (χ2v) is 8.35. The standard InChI is InChI=1S/C18H28BClN2O4/c20-15-4-3-12-7-16(21-8-14(12)6-15)10-22-9-13(2-1-5-19(25)26)17(11-22)18(23)24/h3-4,6,12-14,16-17,21,25-26H,1-2,5,7-11H2,(H,23,24). The third kappa shape index (κ3) is 5.11. The molecule has 3 rings (SSSR count). The Labute approximate surface area is 160 Å². The molecule has 26 heavy (non-hydrogen) atoms. The van der Waals surface area contributed by atoms with Crippen LogP contribution < -0.4 is 5.32 Å². The second-order valence-electron chi connectivity index (χ2n) is 7.91. The van der Waals surface area contributed by atoms with Crippen LogP contribution in [0, 0.1) is 23.7 Å². The number of carboxylic acid groups (broad SMARTS) is 1. The summed E-state index contributed by atoms with van der Waals surface area (Å²) in [6.45, 7) is 3.11. The number of halogens is 1. The number of rotatable bonds is 7. The van der Waals surface area contributed by atoms with Gasteiger partial charge in [-0.25, -0.2) is 0 Å². The third-order valence-corrected chi connectivity index (χ3v) is 6.23. The van der Waals surface area contributed by atoms with Crippen LogP contribution in [-0.2, 0) is 4.79 Å². The first-order chi connectivity index (χ1) is 12.4. The highest BCUT2D eigenvalue weighted by atomic mass is 35.5. The van der Waals surface area contributed by atoms with Crippen molar-refractivity contribution < 1.29 is 19.9 Å². The Morgan fingerprint density at radius 2 is 2.15 bits per heavy atom. The lowest BCUT2D eigenvalue weighted by Crippen LogP contribution is -2.48. The van der Waals surface area contributed by atoms with Crippen LogP contribution in [0.2, 0.25) is 6.32 Å². The topological polar surface area (TPSA) is 93.0 Å². The van der Waals surface area contributed by atoms with Gasteiger partial charge in [0, 0.05) is 37.3 Å². The summed E-state index contributed by atoms with van der Waals surface area (Å²) < 4.78 is 0. The van der Waals surface area contributed by atoms with E-state index in [4.69, 9.17) is 21.6 Å². The number of carbonyl (C=O) groups is 1. The first kappa shape index (κ1) is 19.9. The van der Waals surface area contributed by atoms with Gasteiger partial charge in [-0.3, -0.25) is 4.79 Å². The van der Waals surface area contributed by atoms with Gasteiger partial charge in [0.15, 0.2) is 0 Å². The highest BCUT2D eigenvalue weighted by molar-refractivity contribution is 6.40. The maximum atomic E-state index is 11.6. The number of piperidine rings is 1. The van der Waals surface area contributed by atoms with Gasteiger partial charge in [0.25, 0.3) is 0 Å². The van der Waals surface area contributed by atoms with E-state index in [0.29, 0.717) is 37.2 Å². The first-order valence-electron chi connectivity index (χ1n) is 9.52. The summed E-state index contributed by atoms with van der Waals surface area (Å²) in [5.74, 6) is -0.0682. The van der Waals surface area contributed by atoms with Crippen LogP contribution in [0.15, 0.2) is 23.3 Å². The first-order valence-corrected chi connectivity index (χ1v) is 9.90. The lowest BCUT2D eigenvalue weighted by Gasteiger charge is -2.37. The molecule has 0 aromatic heterocycles. The molecule has 0 bridgehead atoms. The molecule has 144 valence electrons. The van der Waals surface area contributed by atoms with E-state index in [2.05, 4.69) is 22.4 Å². The number of nitrogens with zero attached hydrogens (tertiary/aromatic N) is 1. The zero-order chi connectivity index (χ0) is 18.7. The molecule has 2 fully saturated rings. The summed E-state index contributed by atoms with van der Waals surface area (Å²) in [6.07, 6.45) is 9.01. The maximum Gasteiger partial charge on any atom is 0.451 e. The molecule has 1 aliphatic carbocycles. The fraction of sp³-hybridized carbons (Fsp3) is 0.722. The van der Waals surface area contributed by atoms with Crippen LogP contribution in [0.5, 0.6) is 0 Å². The fourth-order valence-electron chi connectivity index (χ4n) is 4.62. The fourth-order valence-corrected chi connectivity index (χ4v) is 4.85. The van der Waals surface area contributed by atoms with Gasteiger partial charge in [-0.15, -0.1) is 0 Å². The van der Waals surface area contributed by atoms with Gasteiger partial charge in [0.1, 0.15) is 0 Å². The lowest BCUT2D eigenvalue weighted by molar-refractivity contribution is -0.142. The molecule has 5 unspecified atom stereocenters. The van der Waals surface area contributed by atoms with Gasteiger partial charge in [-0.05, 0) is 43.0 Å². The molecule has 0 aromatic rings. The minimum atomic E-state index is -1.30. The molecule has 0 aromatic carbocycles. The van der Waals surface area contributed by atoms with Crippen LogP contribution in [-0.4, -0.2) is 65.4 Å². The number of fused-ring (bicyclic) bond motifs is 1. The van der Waals surface area contributed by atoms with Crippen molar-refractivity contribution >= 4 is 24.7 Å². The molecule has 6 nitrogen and oxygen atoms in total. The van der Waals surface area contributed by atoms with Crippen molar-refractivity contribution in [2.75, 3.05) is 26.2 Å². The zero-order valence-electron chi connectivity index (χ0n) is 14.9. The summed E-state index contributed by atoms with van der Waals surface area (Å²) in [6, 6.07) is 0.360. The molecule has 0 radical (unpaired) electrons. The molecular weight excluding hydrogens is 354 g/mol. The van der Waals surface area contributed by atoms with Crippen molar-refractivity contribution in [3.05, 3.63) is 23.3 Å². The van der Waals surface area contributed by atoms with Crippen molar-refractivity contribution in [1.82, 2.24) is 10.2 Å². The minimum absolute atomic E-state index is 0.0823. The summed E-state index contributed by atoms with van der Waals surface area (Å²) >= 11 is 6.08. The summed E-state index contributed by atoms with van der Waals surface area (Å²) in [5.41, 5.74) is 0. The van der Waals surface area contributed by atoms with Crippen LogP contribution in [0.25, 0.3) is 0 Å². The molecule has 0 spiro atoms. The average Bonchev–Trinajstić information content (AvgIpc) is 2.97. The van der Waals surface area contributed by atoms with E-state index in [9.17, 15) is 9.90 Å². The Balaban J connectivity index is 1.50. The van der Waals surface area contributed by atoms with E-state index >= 15 is 0 Å². The average molecular weight is 383 g/mol. The Morgan fingerprint density at radius 3 is 2.88 bits per heavy atom. The molecule has 2 saturated heterocycles. The molecule has 0 saturated carbocycles. The van der Waals surface area contributed by atoms with E-state index in [1.54, 1.807) is 0 Å². The van der Waals surface area contributed by atoms with Gasteiger partial charge in [-0.2, -0.15) is 0 Å². The molecule has 2 aliphatic heterocycles. The molecular formula is C18H28BClN2O4. The zero-order valence-corrected chi connectivity index (χ0v) is 15.7. The van der Waals surface area contributed by atoms with Crippen LogP contribution in [0.1, 0.15) is 19.3 Å². The van der Waals surface area contributed by atoms with Gasteiger partial charge in [0.05, 0.1) is 5.92 Å². The number of nitrogens with one attached hydrogen (secondary N) is 1. The predicted octanol–water partition coefficient (Wildman–Crippen LogP) is 1.16. The van der Waals surface area contributed by atoms with Gasteiger partial charge < -0.3 is 25.4 Å². The van der Waals surface area contributed by atoms with Crippen LogP contribution >= 0.6 is 11.6 Å². The number of carboxylic acids is 1. The van der Waals surface area contributed by atoms with Gasteiger partial charge >= 0.3 is 13.1 Å². The minimum Gasteiger partial charge on any atom is -0.481 e. The van der Waals surface area contributed by atoms with Crippen molar-refractivity contribution in [3.63, 3.8) is 0 Å². The highest BCUT2D eigenvalue weighted by Gasteiger charge is 2.39. The number of hydrogen-bond donors (Lipinski definition) is 4. The second kappa shape index (κ2) is 8.89. The smallest absolute Gasteiger partial charge is 0.451 e. The van der Waals surface area contributed by atoms with Crippen molar-refractivity contribution in [1.29, 1.82) is 0 Å². The van der Waals surface area contributed by atoms with Crippen LogP contribution in [0.3, 0.4) is 0 Å². The maximum absolute atomic E-state index is 11.6. The molecule has 5 atom stereocenters. The van der Waals surface area contributed by atoms with Crippen LogP contribution in [0.4, 0.5) is 0 Å². The van der Waals surface area contributed by atoms with Gasteiger partial charge in [0.2, 0.25) is 0 Å². The van der Waals surface area contributed by atoms with E-state index in [1.165, 1.54) is 0 Å². The monoisotopic (exact) mass is 382 g/mol. The third-order valence-electron chi connectivity index (χ3n) is 5.97. The largest absolute Gasteiger partial charge is 0.481 e. The van der Waals surface area contributed by atoms with Crippen molar-refractivity contribution in [2.45, 2.75) is 31.6 Å². The molecule has 3 aliphatic rings. The predicted molar refractivity (Wildman–Crippen MR) is 102 cm³/mol. The van der Waals surface area contributed by atoms with Gasteiger partial charge in [-0.1, -0.05) is 30.2 Å². The highest BCUT2D eigenvalue weighted by Crippen LogP contribution is 2.33. The Kier molecular flexibility index (Phi) is 6.80. The number of allylic oxidation sites excluding steroid dienone is 3. The number of hydrogen-bond acceptors (Lipinski definition) is 5. The SMILES string of the molecule is O=C(O)C1CN(CC2CC3C=CC(Cl)=CC3CN2)CC1CCCB(O)O. The van der Waals surface area contributed by atoms with E-state index in [-0.39, 0.29) is 11.8 Å². The summed E-state index contributed by atoms with van der Waals surface area (Å²) in [5, 5.41) is 31.9. The van der Waals surface area contributed by atoms with Crippen molar-refractivity contribution in [2.24, 2.45) is 23.7 Å². The summed E-state index contributed by atoms with van der Waals surface area (Å²) in [7, 11) is -1.30. The van der Waals surface area contributed by atoms with E-state index in [1.807, 2.05) is 6.08 Å². The van der Waals surface area contributed by atoms with E-state index in [0.717, 1.165) is 37.5 Å². The molecule has 0 amide bonds. The van der Waals surface area contributed by atoms with Crippen molar-refractivity contribution in [3.8, 4) is 0 Å². The number of likely N-dealkylation sites (tertiary alicyclic amines) is 1. The Hall–Kier alpha value is -0.855. The molecule has 8 heteroatoms. The molecule has 4 N–H and O–H groups in total. The Bertz CT molecular complexity index is 571. The number of aliphatic carboxylic acids is 1. The Morgan fingerprint density at radius 1 is 1.35 bits per heavy atom. The van der Waals surface area contributed by atoms with E-state index < -0.39 is 13.1 Å². The lowest BCUT2D eigenvalue weighted by atomic mass is 9.80.